The molecule has 2 N–H and O–H groups in total. The van der Waals surface area contributed by atoms with Crippen LogP contribution in [-0.2, 0) is 29.8 Å². The van der Waals surface area contributed by atoms with Crippen molar-refractivity contribution in [1.29, 1.82) is 0 Å². The van der Waals surface area contributed by atoms with Crippen LogP contribution in [0.3, 0.4) is 0 Å². The smallest absolute Gasteiger partial charge is 0.475 e. The van der Waals surface area contributed by atoms with E-state index in [4.69, 9.17) is 14.9 Å². The number of nitrogens with one attached hydrogen (secondary N) is 1. The van der Waals surface area contributed by atoms with Crippen molar-refractivity contribution in [3.05, 3.63) is 53.1 Å². The number of aromatic nitrogens is 2. The average Bonchev–Trinajstić information content (AvgIpc) is 3.51. The third-order valence-corrected chi connectivity index (χ3v) is 9.01. The maximum Gasteiger partial charge on any atom is 0.490 e. The zero-order chi connectivity index (χ0) is 29.2. The second kappa shape index (κ2) is 12.0. The summed E-state index contributed by atoms with van der Waals surface area (Å²) in [4.78, 5) is 32.2. The predicted octanol–water partition coefficient (Wildman–Crippen LogP) is 5.24. The summed E-state index contributed by atoms with van der Waals surface area (Å²) in [6.45, 7) is 7.87. The number of likely N-dealkylation sites (tertiary alicyclic amines) is 1. The third kappa shape index (κ3) is 7.05. The van der Waals surface area contributed by atoms with Crippen molar-refractivity contribution in [2.75, 3.05) is 19.6 Å². The molecule has 6 rings (SSSR count). The predicted molar refractivity (Wildman–Crippen MR) is 147 cm³/mol. The third-order valence-electron chi connectivity index (χ3n) is 9.01. The molecule has 1 aromatic heterocycles. The van der Waals surface area contributed by atoms with Crippen molar-refractivity contribution in [1.82, 2.24) is 24.7 Å². The molecule has 0 radical (unpaired) electrons. The number of aryl methyl sites for hydroxylation is 1. The van der Waals surface area contributed by atoms with Crippen LogP contribution in [0.5, 0.6) is 0 Å². The van der Waals surface area contributed by atoms with E-state index < -0.39 is 12.1 Å². The number of imidazole rings is 1. The second-order valence-electron chi connectivity index (χ2n) is 12.1. The number of benzene rings is 1. The molecule has 4 aliphatic rings. The lowest BCUT2D eigenvalue weighted by molar-refractivity contribution is -0.192. The second-order valence-corrected chi connectivity index (χ2v) is 12.1. The van der Waals surface area contributed by atoms with Gasteiger partial charge in [-0.1, -0.05) is 43.2 Å². The minimum atomic E-state index is -5.08. The normalized spacial score (nSPS) is 20.8. The Balaban J connectivity index is 0.000000431. The van der Waals surface area contributed by atoms with Gasteiger partial charge in [-0.2, -0.15) is 13.2 Å². The number of halogens is 3. The Morgan fingerprint density at radius 2 is 1.71 bits per heavy atom. The summed E-state index contributed by atoms with van der Waals surface area (Å²) in [7, 11) is 0. The standard InChI is InChI=1S/C28H39N5O.C2HF3O2/c1-21-29-26-25(33(21)18-23-11-12-23)19-32(27(34)30-24-9-5-6-10-24)20-28(26)13-15-31(16-14-28)17-22-7-3-2-4-8-22;3-2(4,5)1(6)7/h2-4,7-8,23-24H,5-6,9-20H2,1H3,(H,30,34);(H,6,7). The Morgan fingerprint density at radius 1 is 1.07 bits per heavy atom. The zero-order valence-corrected chi connectivity index (χ0v) is 23.6. The highest BCUT2D eigenvalue weighted by Gasteiger charge is 2.47. The van der Waals surface area contributed by atoms with Gasteiger partial charge in [-0.05, 0) is 70.0 Å². The molecule has 41 heavy (non-hydrogen) atoms. The highest BCUT2D eigenvalue weighted by Crippen LogP contribution is 2.43. The van der Waals surface area contributed by atoms with Crippen molar-refractivity contribution in [3.63, 3.8) is 0 Å². The van der Waals surface area contributed by atoms with Gasteiger partial charge in [-0.3, -0.25) is 4.90 Å². The van der Waals surface area contributed by atoms with E-state index in [1.807, 2.05) is 0 Å². The zero-order valence-electron chi connectivity index (χ0n) is 23.6. The van der Waals surface area contributed by atoms with Gasteiger partial charge in [-0.25, -0.2) is 14.6 Å². The van der Waals surface area contributed by atoms with Crippen molar-refractivity contribution in [2.45, 2.75) is 95.6 Å². The van der Waals surface area contributed by atoms with Gasteiger partial charge < -0.3 is 19.9 Å². The summed E-state index contributed by atoms with van der Waals surface area (Å²) in [5.74, 6) is -0.822. The molecule has 224 valence electrons. The summed E-state index contributed by atoms with van der Waals surface area (Å²) in [6.07, 6.45) is 4.45. The first-order valence-corrected chi connectivity index (χ1v) is 14.7. The molecule has 3 heterocycles. The van der Waals surface area contributed by atoms with E-state index in [-0.39, 0.29) is 11.4 Å². The fourth-order valence-corrected chi connectivity index (χ4v) is 6.53. The molecule has 8 nitrogen and oxygen atoms in total. The lowest BCUT2D eigenvalue weighted by Crippen LogP contribution is -2.56. The fourth-order valence-electron chi connectivity index (χ4n) is 6.53. The number of carboxylic acids is 1. The molecular weight excluding hydrogens is 535 g/mol. The molecule has 11 heteroatoms. The SMILES string of the molecule is Cc1nc2c(n1CC1CC1)CN(C(=O)NC1CCCC1)CC21CCN(Cc2ccccc2)CC1.O=C(O)C(F)(F)F. The number of piperidine rings is 1. The van der Waals surface area contributed by atoms with Crippen LogP contribution in [-0.4, -0.2) is 68.3 Å². The van der Waals surface area contributed by atoms with E-state index in [0.29, 0.717) is 12.6 Å². The fraction of sp³-hybridized carbons (Fsp3) is 0.633. The summed E-state index contributed by atoms with van der Waals surface area (Å²) in [6, 6.07) is 11.3. The lowest BCUT2D eigenvalue weighted by Gasteiger charge is -2.47. The molecule has 3 fully saturated rings. The van der Waals surface area contributed by atoms with Crippen LogP contribution in [0.1, 0.15) is 74.1 Å². The number of hydrogen-bond acceptors (Lipinski definition) is 4. The van der Waals surface area contributed by atoms with Crippen LogP contribution in [0.4, 0.5) is 18.0 Å². The van der Waals surface area contributed by atoms with Crippen molar-refractivity contribution in [2.24, 2.45) is 5.92 Å². The summed E-state index contributed by atoms with van der Waals surface area (Å²) in [5.41, 5.74) is 3.97. The minimum Gasteiger partial charge on any atom is -0.475 e. The molecule has 1 spiro atoms. The molecule has 2 amide bonds. The molecule has 2 aliphatic heterocycles. The highest BCUT2D eigenvalue weighted by molar-refractivity contribution is 5.75. The van der Waals surface area contributed by atoms with E-state index in [0.717, 1.165) is 70.1 Å². The molecule has 2 saturated carbocycles. The molecule has 0 bridgehead atoms. The maximum atomic E-state index is 13.4. The van der Waals surface area contributed by atoms with E-state index in [2.05, 4.69) is 56.9 Å². The number of nitrogens with zero attached hydrogens (tertiary/aromatic N) is 4. The van der Waals surface area contributed by atoms with Gasteiger partial charge in [0.1, 0.15) is 5.82 Å². The first-order chi connectivity index (χ1) is 19.5. The number of carboxylic acid groups (broad SMARTS) is 1. The van der Waals surface area contributed by atoms with Gasteiger partial charge in [0.05, 0.1) is 17.9 Å². The summed E-state index contributed by atoms with van der Waals surface area (Å²) < 4.78 is 34.2. The average molecular weight is 576 g/mol. The molecule has 2 aliphatic carbocycles. The van der Waals surface area contributed by atoms with Crippen molar-refractivity contribution >= 4 is 12.0 Å². The number of aliphatic carboxylic acids is 1. The highest BCUT2D eigenvalue weighted by atomic mass is 19.4. The lowest BCUT2D eigenvalue weighted by atomic mass is 9.72. The largest absolute Gasteiger partial charge is 0.490 e. The molecule has 1 saturated heterocycles. The topological polar surface area (TPSA) is 90.7 Å². The molecule has 1 aromatic carbocycles. The maximum absolute atomic E-state index is 13.4. The summed E-state index contributed by atoms with van der Waals surface area (Å²) >= 11 is 0. The number of fused-ring (bicyclic) bond motifs is 2. The van der Waals surface area contributed by atoms with Crippen LogP contribution in [0, 0.1) is 12.8 Å². The number of carbonyl (C=O) groups excluding carboxylic acids is 1. The minimum absolute atomic E-state index is 0.0205. The van der Waals surface area contributed by atoms with Crippen molar-refractivity contribution in [3.8, 4) is 0 Å². The first-order valence-electron chi connectivity index (χ1n) is 14.7. The van der Waals surface area contributed by atoms with Crippen LogP contribution in [0.25, 0.3) is 0 Å². The van der Waals surface area contributed by atoms with Gasteiger partial charge >= 0.3 is 18.2 Å². The number of carbonyl (C=O) groups is 2. The Bertz CT molecular complexity index is 1210. The summed E-state index contributed by atoms with van der Waals surface area (Å²) in [5, 5.41) is 10.5. The number of urea groups is 1. The Morgan fingerprint density at radius 3 is 2.29 bits per heavy atom. The van der Waals surface area contributed by atoms with Crippen LogP contribution in [0.2, 0.25) is 0 Å². The van der Waals surface area contributed by atoms with Gasteiger partial charge in [-0.15, -0.1) is 0 Å². The molecule has 0 atom stereocenters. The van der Waals surface area contributed by atoms with Gasteiger partial charge in [0, 0.05) is 31.1 Å². The van der Waals surface area contributed by atoms with Gasteiger partial charge in [0.2, 0.25) is 0 Å². The number of hydrogen-bond donors (Lipinski definition) is 2. The number of alkyl halides is 3. The van der Waals surface area contributed by atoms with E-state index >= 15 is 0 Å². The first kappa shape index (κ1) is 29.4. The van der Waals surface area contributed by atoms with Crippen LogP contribution >= 0.6 is 0 Å². The van der Waals surface area contributed by atoms with E-state index in [9.17, 15) is 18.0 Å². The van der Waals surface area contributed by atoms with Crippen LogP contribution < -0.4 is 5.32 Å². The number of amides is 2. The molecular formula is C30H40F3N5O3. The monoisotopic (exact) mass is 575 g/mol. The van der Waals surface area contributed by atoms with E-state index in [1.54, 1.807) is 0 Å². The van der Waals surface area contributed by atoms with Gasteiger partial charge in [0.25, 0.3) is 0 Å². The Hall–Kier alpha value is -3.08. The van der Waals surface area contributed by atoms with Crippen molar-refractivity contribution < 1.29 is 27.9 Å². The molecule has 2 aromatic rings. The van der Waals surface area contributed by atoms with Crippen LogP contribution in [0.15, 0.2) is 30.3 Å². The van der Waals surface area contributed by atoms with Gasteiger partial charge in [0.15, 0.2) is 0 Å². The quantitative estimate of drug-likeness (QED) is 0.509. The Kier molecular flexibility index (Phi) is 8.63. The van der Waals surface area contributed by atoms with E-state index in [1.165, 1.54) is 42.6 Å². The molecule has 0 unspecified atom stereocenters. The Labute approximate surface area is 238 Å². The number of rotatable bonds is 5.